The molecule has 0 radical (unpaired) electrons. The number of nitrogens with zero attached hydrogens (tertiary/aromatic N) is 1. The van der Waals surface area contributed by atoms with E-state index in [9.17, 15) is 0 Å². The molecule has 146 valence electrons. The third kappa shape index (κ3) is 5.10. The molecule has 0 amide bonds. The first kappa shape index (κ1) is 19.9. The van der Waals surface area contributed by atoms with Gasteiger partial charge in [0.05, 0.1) is 20.3 Å². The van der Waals surface area contributed by atoms with Crippen LogP contribution in [0.25, 0.3) is 0 Å². The lowest BCUT2D eigenvalue weighted by Gasteiger charge is -2.35. The van der Waals surface area contributed by atoms with Crippen LogP contribution < -0.4 is 10.1 Å². The highest BCUT2D eigenvalue weighted by Gasteiger charge is 2.22. The molecule has 0 aliphatic carbocycles. The molecular weight excluding hydrogens is 336 g/mol. The third-order valence-corrected chi connectivity index (χ3v) is 5.47. The van der Waals surface area contributed by atoms with Gasteiger partial charge in [0.2, 0.25) is 0 Å². The van der Waals surface area contributed by atoms with Gasteiger partial charge < -0.3 is 14.8 Å². The molecule has 1 unspecified atom stereocenters. The smallest absolute Gasteiger partial charge is 0.118 e. The highest BCUT2D eigenvalue weighted by atomic mass is 16.5. The molecule has 0 saturated carbocycles. The van der Waals surface area contributed by atoms with Crippen molar-refractivity contribution < 1.29 is 9.47 Å². The Morgan fingerprint density at radius 2 is 1.67 bits per heavy atom. The summed E-state index contributed by atoms with van der Waals surface area (Å²) < 4.78 is 10.9. The van der Waals surface area contributed by atoms with Gasteiger partial charge >= 0.3 is 0 Å². The first-order valence-corrected chi connectivity index (χ1v) is 9.81. The summed E-state index contributed by atoms with van der Waals surface area (Å²) in [6.07, 6.45) is 0. The highest BCUT2D eigenvalue weighted by Crippen LogP contribution is 2.24. The topological polar surface area (TPSA) is 33.7 Å². The maximum atomic E-state index is 5.56. The van der Waals surface area contributed by atoms with Crippen LogP contribution in [0.5, 0.6) is 5.75 Å². The van der Waals surface area contributed by atoms with Gasteiger partial charge in [-0.2, -0.15) is 0 Å². The minimum absolute atomic E-state index is 0.339. The largest absolute Gasteiger partial charge is 0.497 e. The van der Waals surface area contributed by atoms with Crippen LogP contribution in [0, 0.1) is 20.8 Å². The number of aryl methyl sites for hydroxylation is 3. The molecule has 27 heavy (non-hydrogen) atoms. The number of ether oxygens (including phenoxy) is 2. The minimum atomic E-state index is 0.339. The van der Waals surface area contributed by atoms with Crippen molar-refractivity contribution in [3.63, 3.8) is 0 Å². The van der Waals surface area contributed by atoms with Gasteiger partial charge in [-0.1, -0.05) is 29.8 Å². The van der Waals surface area contributed by atoms with Crippen molar-refractivity contribution in [3.05, 3.63) is 64.2 Å². The van der Waals surface area contributed by atoms with Crippen LogP contribution in [-0.2, 0) is 11.3 Å². The number of hydrogen-bond acceptors (Lipinski definition) is 4. The van der Waals surface area contributed by atoms with E-state index in [1.54, 1.807) is 7.11 Å². The van der Waals surface area contributed by atoms with E-state index >= 15 is 0 Å². The maximum Gasteiger partial charge on any atom is 0.118 e. The van der Waals surface area contributed by atoms with E-state index in [4.69, 9.17) is 9.47 Å². The lowest BCUT2D eigenvalue weighted by atomic mass is 9.99. The second-order valence-electron chi connectivity index (χ2n) is 7.45. The van der Waals surface area contributed by atoms with Gasteiger partial charge in [-0.05, 0) is 55.2 Å². The molecule has 2 aromatic carbocycles. The fourth-order valence-electron chi connectivity index (χ4n) is 4.00. The molecule has 1 heterocycles. The molecule has 2 aromatic rings. The summed E-state index contributed by atoms with van der Waals surface area (Å²) in [5.74, 6) is 0.901. The summed E-state index contributed by atoms with van der Waals surface area (Å²) in [4.78, 5) is 2.52. The second kappa shape index (κ2) is 9.36. The van der Waals surface area contributed by atoms with Gasteiger partial charge in [0.15, 0.2) is 0 Å². The van der Waals surface area contributed by atoms with E-state index < -0.39 is 0 Å². The summed E-state index contributed by atoms with van der Waals surface area (Å²) in [7, 11) is 1.71. The highest BCUT2D eigenvalue weighted by molar-refractivity contribution is 5.37. The van der Waals surface area contributed by atoms with Gasteiger partial charge in [-0.15, -0.1) is 0 Å². The van der Waals surface area contributed by atoms with Crippen LogP contribution in [-0.4, -0.2) is 44.9 Å². The van der Waals surface area contributed by atoms with E-state index in [0.717, 1.165) is 45.1 Å². The molecule has 1 fully saturated rings. The Hall–Kier alpha value is -1.88. The van der Waals surface area contributed by atoms with Gasteiger partial charge in [0.1, 0.15) is 5.75 Å². The normalized spacial score (nSPS) is 16.3. The predicted molar refractivity (Wildman–Crippen MR) is 110 cm³/mol. The van der Waals surface area contributed by atoms with Crippen LogP contribution in [0.4, 0.5) is 0 Å². The number of morpholine rings is 1. The molecule has 3 rings (SSSR count). The quantitative estimate of drug-likeness (QED) is 0.806. The SMILES string of the molecule is COc1ccc(C(CNCc2c(C)cc(C)cc2C)N2CCOCC2)cc1. The van der Waals surface area contributed by atoms with Crippen molar-refractivity contribution in [2.75, 3.05) is 40.0 Å². The summed E-state index contributed by atoms with van der Waals surface area (Å²) in [6.45, 7) is 12.0. The van der Waals surface area contributed by atoms with Crippen LogP contribution in [0.3, 0.4) is 0 Å². The molecule has 4 nitrogen and oxygen atoms in total. The van der Waals surface area contributed by atoms with Gasteiger partial charge in [-0.3, -0.25) is 4.90 Å². The van der Waals surface area contributed by atoms with E-state index in [0.29, 0.717) is 6.04 Å². The number of rotatable bonds is 7. The van der Waals surface area contributed by atoms with E-state index in [1.807, 2.05) is 0 Å². The Kier molecular flexibility index (Phi) is 6.89. The Labute approximate surface area is 163 Å². The zero-order chi connectivity index (χ0) is 19.2. The molecule has 1 aliphatic rings. The minimum Gasteiger partial charge on any atom is -0.497 e. The summed E-state index contributed by atoms with van der Waals surface area (Å²) in [5, 5.41) is 3.71. The van der Waals surface area contributed by atoms with Crippen molar-refractivity contribution in [2.24, 2.45) is 0 Å². The molecule has 1 atom stereocenters. The molecule has 0 bridgehead atoms. The number of benzene rings is 2. The van der Waals surface area contributed by atoms with E-state index in [2.05, 4.69) is 67.4 Å². The van der Waals surface area contributed by atoms with Gasteiger partial charge in [0, 0.05) is 32.2 Å². The average Bonchev–Trinajstić information content (AvgIpc) is 2.68. The van der Waals surface area contributed by atoms with Crippen molar-refractivity contribution in [2.45, 2.75) is 33.4 Å². The molecule has 1 saturated heterocycles. The molecule has 1 N–H and O–H groups in total. The van der Waals surface area contributed by atoms with Crippen molar-refractivity contribution in [1.82, 2.24) is 10.2 Å². The van der Waals surface area contributed by atoms with Crippen molar-refractivity contribution in [1.29, 1.82) is 0 Å². The van der Waals surface area contributed by atoms with Crippen LogP contribution in [0.15, 0.2) is 36.4 Å². The third-order valence-electron chi connectivity index (χ3n) is 5.47. The molecule has 0 aromatic heterocycles. The monoisotopic (exact) mass is 368 g/mol. The zero-order valence-electron chi connectivity index (χ0n) is 17.0. The van der Waals surface area contributed by atoms with E-state index in [1.165, 1.54) is 27.8 Å². The maximum absolute atomic E-state index is 5.56. The summed E-state index contributed by atoms with van der Waals surface area (Å²) in [6, 6.07) is 13.4. The standard InChI is InChI=1S/C23H32N2O2/c1-17-13-18(2)22(19(3)14-17)15-24-16-23(25-9-11-27-12-10-25)20-5-7-21(26-4)8-6-20/h5-8,13-14,23-24H,9-12,15-16H2,1-4H3. The summed E-state index contributed by atoms with van der Waals surface area (Å²) in [5.41, 5.74) is 6.80. The Balaban J connectivity index is 1.71. The van der Waals surface area contributed by atoms with Crippen molar-refractivity contribution in [3.8, 4) is 5.75 Å². The average molecular weight is 369 g/mol. The van der Waals surface area contributed by atoms with Crippen molar-refractivity contribution >= 4 is 0 Å². The first-order valence-electron chi connectivity index (χ1n) is 9.81. The van der Waals surface area contributed by atoms with E-state index in [-0.39, 0.29) is 0 Å². The van der Waals surface area contributed by atoms with Crippen LogP contribution in [0.2, 0.25) is 0 Å². The van der Waals surface area contributed by atoms with Gasteiger partial charge in [-0.25, -0.2) is 0 Å². The predicted octanol–water partition coefficient (Wildman–Crippen LogP) is 3.78. The Bertz CT molecular complexity index is 714. The summed E-state index contributed by atoms with van der Waals surface area (Å²) >= 11 is 0. The fourth-order valence-corrected chi connectivity index (χ4v) is 4.00. The second-order valence-corrected chi connectivity index (χ2v) is 7.45. The van der Waals surface area contributed by atoms with Crippen LogP contribution >= 0.6 is 0 Å². The van der Waals surface area contributed by atoms with Gasteiger partial charge in [0.25, 0.3) is 0 Å². The molecule has 1 aliphatic heterocycles. The number of hydrogen-bond donors (Lipinski definition) is 1. The Morgan fingerprint density at radius 1 is 1.04 bits per heavy atom. The molecule has 4 heteroatoms. The number of nitrogens with one attached hydrogen (secondary N) is 1. The molecular formula is C23H32N2O2. The Morgan fingerprint density at radius 3 is 2.26 bits per heavy atom. The first-order chi connectivity index (χ1) is 13.1. The zero-order valence-corrected chi connectivity index (χ0v) is 17.0. The van der Waals surface area contributed by atoms with Crippen LogP contribution in [0.1, 0.15) is 33.9 Å². The number of methoxy groups -OCH3 is 1. The fraction of sp³-hybridized carbons (Fsp3) is 0.478. The molecule has 0 spiro atoms. The lowest BCUT2D eigenvalue weighted by Crippen LogP contribution is -2.42. The lowest BCUT2D eigenvalue weighted by molar-refractivity contribution is 0.0161.